The second kappa shape index (κ2) is 6.10. The molecule has 7 heteroatoms. The predicted molar refractivity (Wildman–Crippen MR) is 104 cm³/mol. The molecule has 3 heterocycles. The van der Waals surface area contributed by atoms with Gasteiger partial charge in [0.1, 0.15) is 11.4 Å². The standard InChI is InChI=1S/C21H13FN2O3S/c1-11-5-6-15-14(9-11)18(25)16-17(12-3-2-4-13(22)10-12)24(20(26)19(16)27-15)21-23-7-8-28-21/h2-10,17H,1H3/t17-/m0/s1. The van der Waals surface area contributed by atoms with Gasteiger partial charge < -0.3 is 4.42 Å². The Kier molecular flexibility index (Phi) is 3.67. The fourth-order valence-corrected chi connectivity index (χ4v) is 4.28. The van der Waals surface area contributed by atoms with Crippen LogP contribution in [0, 0.1) is 12.7 Å². The molecule has 1 atom stereocenters. The Hall–Kier alpha value is -3.32. The van der Waals surface area contributed by atoms with Gasteiger partial charge in [0.2, 0.25) is 5.76 Å². The van der Waals surface area contributed by atoms with E-state index in [4.69, 9.17) is 4.42 Å². The summed E-state index contributed by atoms with van der Waals surface area (Å²) < 4.78 is 19.8. The summed E-state index contributed by atoms with van der Waals surface area (Å²) in [5.74, 6) is -0.928. The predicted octanol–water partition coefficient (Wildman–Crippen LogP) is 4.45. The maximum Gasteiger partial charge on any atom is 0.297 e. The van der Waals surface area contributed by atoms with Crippen LogP contribution in [0.2, 0.25) is 0 Å². The molecule has 1 aliphatic rings. The summed E-state index contributed by atoms with van der Waals surface area (Å²) in [6, 6.07) is 10.3. The fraction of sp³-hybridized carbons (Fsp3) is 0.0952. The Morgan fingerprint density at radius 1 is 1.18 bits per heavy atom. The van der Waals surface area contributed by atoms with E-state index in [9.17, 15) is 14.0 Å². The van der Waals surface area contributed by atoms with Crippen molar-refractivity contribution in [2.24, 2.45) is 0 Å². The van der Waals surface area contributed by atoms with Crippen LogP contribution in [0.5, 0.6) is 0 Å². The largest absolute Gasteiger partial charge is 0.450 e. The average Bonchev–Trinajstić information content (AvgIpc) is 3.29. The van der Waals surface area contributed by atoms with Crippen LogP contribution in [0.25, 0.3) is 11.0 Å². The van der Waals surface area contributed by atoms with Crippen molar-refractivity contribution in [1.29, 1.82) is 0 Å². The lowest BCUT2D eigenvalue weighted by molar-refractivity contribution is 0.0971. The lowest BCUT2D eigenvalue weighted by Gasteiger charge is -2.22. The minimum Gasteiger partial charge on any atom is -0.450 e. The van der Waals surface area contributed by atoms with Gasteiger partial charge in [-0.2, -0.15) is 0 Å². The monoisotopic (exact) mass is 392 g/mol. The molecular weight excluding hydrogens is 379 g/mol. The van der Waals surface area contributed by atoms with Crippen LogP contribution < -0.4 is 10.3 Å². The number of hydrogen-bond donors (Lipinski definition) is 0. The number of aryl methyl sites for hydroxylation is 1. The van der Waals surface area contributed by atoms with Gasteiger partial charge in [0.05, 0.1) is 17.0 Å². The molecule has 28 heavy (non-hydrogen) atoms. The van der Waals surface area contributed by atoms with Crippen LogP contribution >= 0.6 is 11.3 Å². The van der Waals surface area contributed by atoms with E-state index < -0.39 is 17.8 Å². The summed E-state index contributed by atoms with van der Waals surface area (Å²) in [5.41, 5.74) is 1.66. The van der Waals surface area contributed by atoms with Gasteiger partial charge in [-0.25, -0.2) is 9.37 Å². The highest BCUT2D eigenvalue weighted by molar-refractivity contribution is 7.13. The lowest BCUT2D eigenvalue weighted by Crippen LogP contribution is -2.29. The average molecular weight is 392 g/mol. The second-order valence-corrected chi connectivity index (χ2v) is 7.49. The number of rotatable bonds is 2. The van der Waals surface area contributed by atoms with Gasteiger partial charge in [-0.3, -0.25) is 14.5 Å². The molecule has 0 spiro atoms. The summed E-state index contributed by atoms with van der Waals surface area (Å²) in [5, 5.41) is 2.56. The first-order valence-corrected chi connectivity index (χ1v) is 9.48. The summed E-state index contributed by atoms with van der Waals surface area (Å²) in [6.45, 7) is 1.88. The third kappa shape index (κ3) is 2.40. The molecule has 0 radical (unpaired) electrons. The molecule has 0 fully saturated rings. The lowest BCUT2D eigenvalue weighted by atomic mass is 9.98. The number of nitrogens with zero attached hydrogens (tertiary/aromatic N) is 2. The van der Waals surface area contributed by atoms with E-state index in [1.54, 1.807) is 35.8 Å². The molecular formula is C21H13FN2O3S. The van der Waals surface area contributed by atoms with Crippen LogP contribution in [-0.2, 0) is 0 Å². The molecule has 0 N–H and O–H groups in total. The van der Waals surface area contributed by atoms with E-state index in [2.05, 4.69) is 4.98 Å². The van der Waals surface area contributed by atoms with Gasteiger partial charge in [0.25, 0.3) is 5.91 Å². The second-order valence-electron chi connectivity index (χ2n) is 6.62. The van der Waals surface area contributed by atoms with Gasteiger partial charge in [0.15, 0.2) is 10.6 Å². The van der Waals surface area contributed by atoms with Crippen LogP contribution in [0.3, 0.4) is 0 Å². The first kappa shape index (κ1) is 16.8. The Balaban J connectivity index is 1.85. The Morgan fingerprint density at radius 3 is 2.79 bits per heavy atom. The number of hydrogen-bond acceptors (Lipinski definition) is 5. The zero-order chi connectivity index (χ0) is 19.4. The molecule has 1 aliphatic heterocycles. The fourth-order valence-electron chi connectivity index (χ4n) is 3.61. The molecule has 2 aromatic carbocycles. The number of halogens is 1. The summed E-state index contributed by atoms with van der Waals surface area (Å²) >= 11 is 1.27. The van der Waals surface area contributed by atoms with Crippen molar-refractivity contribution in [3.63, 3.8) is 0 Å². The molecule has 5 rings (SSSR count). The quantitative estimate of drug-likeness (QED) is 0.506. The van der Waals surface area contributed by atoms with Crippen LogP contribution in [0.15, 0.2) is 63.3 Å². The highest BCUT2D eigenvalue weighted by Crippen LogP contribution is 2.41. The molecule has 0 unspecified atom stereocenters. The van der Waals surface area contributed by atoms with Gasteiger partial charge >= 0.3 is 0 Å². The Morgan fingerprint density at radius 2 is 2.04 bits per heavy atom. The summed E-state index contributed by atoms with van der Waals surface area (Å²) in [7, 11) is 0. The topological polar surface area (TPSA) is 63.4 Å². The van der Waals surface area contributed by atoms with Crippen molar-refractivity contribution in [2.75, 3.05) is 4.90 Å². The normalized spacial score (nSPS) is 16.0. The molecule has 0 saturated heterocycles. The third-order valence-corrected chi connectivity index (χ3v) is 5.59. The number of aromatic nitrogens is 1. The molecule has 4 aromatic rings. The zero-order valence-electron chi connectivity index (χ0n) is 14.7. The minimum absolute atomic E-state index is 0.0224. The van der Waals surface area contributed by atoms with Crippen molar-refractivity contribution in [1.82, 2.24) is 4.98 Å². The van der Waals surface area contributed by atoms with Crippen molar-refractivity contribution < 1.29 is 13.6 Å². The van der Waals surface area contributed by atoms with E-state index in [0.29, 0.717) is 21.7 Å². The van der Waals surface area contributed by atoms with Crippen molar-refractivity contribution in [3.8, 4) is 0 Å². The van der Waals surface area contributed by atoms with Crippen LogP contribution in [0.4, 0.5) is 9.52 Å². The van der Waals surface area contributed by atoms with Crippen molar-refractivity contribution in [3.05, 3.63) is 92.5 Å². The smallest absolute Gasteiger partial charge is 0.297 e. The molecule has 0 aliphatic carbocycles. The van der Waals surface area contributed by atoms with E-state index in [1.165, 1.54) is 28.4 Å². The number of benzene rings is 2. The van der Waals surface area contributed by atoms with E-state index in [0.717, 1.165) is 5.56 Å². The maximum atomic E-state index is 14.0. The first-order chi connectivity index (χ1) is 13.5. The van der Waals surface area contributed by atoms with Crippen molar-refractivity contribution >= 4 is 33.3 Å². The molecule has 0 bridgehead atoms. The SMILES string of the molecule is Cc1ccc2oc3c(c(=O)c2c1)[C@H](c1cccc(F)c1)N(c1nccs1)C3=O. The zero-order valence-corrected chi connectivity index (χ0v) is 15.5. The number of thiazole rings is 1. The number of fused-ring (bicyclic) bond motifs is 2. The van der Waals surface area contributed by atoms with Gasteiger partial charge in [-0.05, 0) is 36.8 Å². The van der Waals surface area contributed by atoms with Crippen molar-refractivity contribution in [2.45, 2.75) is 13.0 Å². The molecule has 1 amide bonds. The van der Waals surface area contributed by atoms with Gasteiger partial charge in [-0.1, -0.05) is 23.8 Å². The number of carbonyl (C=O) groups is 1. The van der Waals surface area contributed by atoms with Gasteiger partial charge in [-0.15, -0.1) is 11.3 Å². The number of anilines is 1. The maximum absolute atomic E-state index is 14.0. The van der Waals surface area contributed by atoms with Crippen LogP contribution in [-0.4, -0.2) is 10.9 Å². The van der Waals surface area contributed by atoms with Crippen LogP contribution in [0.1, 0.15) is 33.3 Å². The van der Waals surface area contributed by atoms with E-state index >= 15 is 0 Å². The highest BCUT2D eigenvalue weighted by atomic mass is 32.1. The Labute approximate surface area is 162 Å². The molecule has 5 nitrogen and oxygen atoms in total. The Bertz CT molecular complexity index is 1300. The minimum atomic E-state index is -0.800. The number of amides is 1. The summed E-state index contributed by atoms with van der Waals surface area (Å²) in [6.07, 6.45) is 1.58. The molecule has 138 valence electrons. The first-order valence-electron chi connectivity index (χ1n) is 8.60. The third-order valence-electron chi connectivity index (χ3n) is 4.82. The van der Waals surface area contributed by atoms with Gasteiger partial charge in [0, 0.05) is 11.6 Å². The highest BCUT2D eigenvalue weighted by Gasteiger charge is 2.44. The van der Waals surface area contributed by atoms with E-state index in [1.807, 2.05) is 13.0 Å². The molecule has 0 saturated carbocycles. The molecule has 2 aromatic heterocycles. The van der Waals surface area contributed by atoms with E-state index in [-0.39, 0.29) is 16.8 Å². The summed E-state index contributed by atoms with van der Waals surface area (Å²) in [4.78, 5) is 32.2. The number of carbonyl (C=O) groups excluding carboxylic acids is 1.